The molecule has 27 heavy (non-hydrogen) atoms. The van der Waals surface area contributed by atoms with Crippen LogP contribution in [0.5, 0.6) is 0 Å². The zero-order valence-corrected chi connectivity index (χ0v) is 16.4. The standard InChI is InChI=1S/C20H17NO4S2/c1-13-6-8-17(9-7-13)27(24,25)19-11-10-18(26-19)20(23)21-16-5-3-4-15(12-16)14(2)22/h3-12H,1-2H3,(H,21,23). The lowest BCUT2D eigenvalue weighted by Gasteiger charge is -2.05. The maximum absolute atomic E-state index is 12.7. The summed E-state index contributed by atoms with van der Waals surface area (Å²) in [6.45, 7) is 3.33. The molecule has 1 aromatic heterocycles. The summed E-state index contributed by atoms with van der Waals surface area (Å²) in [4.78, 5) is 24.3. The lowest BCUT2D eigenvalue weighted by Crippen LogP contribution is -2.10. The smallest absolute Gasteiger partial charge is 0.265 e. The highest BCUT2D eigenvalue weighted by Gasteiger charge is 2.21. The molecule has 5 nitrogen and oxygen atoms in total. The molecule has 0 bridgehead atoms. The van der Waals surface area contributed by atoms with Crippen molar-refractivity contribution in [2.45, 2.75) is 23.0 Å². The van der Waals surface area contributed by atoms with E-state index in [1.54, 1.807) is 48.5 Å². The number of nitrogens with one attached hydrogen (secondary N) is 1. The third-order valence-electron chi connectivity index (χ3n) is 3.93. The van der Waals surface area contributed by atoms with Crippen molar-refractivity contribution in [3.63, 3.8) is 0 Å². The molecule has 0 aliphatic heterocycles. The van der Waals surface area contributed by atoms with Gasteiger partial charge in [0.2, 0.25) is 9.84 Å². The van der Waals surface area contributed by atoms with Crippen molar-refractivity contribution >= 4 is 38.6 Å². The van der Waals surface area contributed by atoms with E-state index in [0.29, 0.717) is 11.3 Å². The van der Waals surface area contributed by atoms with E-state index in [2.05, 4.69) is 5.32 Å². The van der Waals surface area contributed by atoms with Gasteiger partial charge in [-0.3, -0.25) is 9.59 Å². The van der Waals surface area contributed by atoms with E-state index in [-0.39, 0.29) is 19.8 Å². The first-order valence-electron chi connectivity index (χ1n) is 8.11. The van der Waals surface area contributed by atoms with Crippen molar-refractivity contribution in [1.29, 1.82) is 0 Å². The molecule has 138 valence electrons. The van der Waals surface area contributed by atoms with Gasteiger partial charge in [-0.25, -0.2) is 8.42 Å². The van der Waals surface area contributed by atoms with Gasteiger partial charge < -0.3 is 5.32 Å². The molecule has 0 fully saturated rings. The zero-order chi connectivity index (χ0) is 19.6. The van der Waals surface area contributed by atoms with E-state index in [4.69, 9.17) is 0 Å². The molecule has 0 saturated heterocycles. The first kappa shape index (κ1) is 19.0. The average molecular weight is 399 g/mol. The third kappa shape index (κ3) is 4.15. The molecule has 1 N–H and O–H groups in total. The Bertz CT molecular complexity index is 1110. The Hall–Kier alpha value is -2.77. The number of sulfone groups is 1. The Morgan fingerprint density at radius 1 is 0.963 bits per heavy atom. The number of amides is 1. The van der Waals surface area contributed by atoms with Gasteiger partial charge in [-0.1, -0.05) is 29.8 Å². The molecule has 1 amide bonds. The van der Waals surface area contributed by atoms with Gasteiger partial charge in [0, 0.05) is 11.3 Å². The van der Waals surface area contributed by atoms with Crippen LogP contribution in [0.1, 0.15) is 32.5 Å². The fourth-order valence-electron chi connectivity index (χ4n) is 2.43. The van der Waals surface area contributed by atoms with Gasteiger partial charge in [0.15, 0.2) is 5.78 Å². The molecule has 2 aromatic carbocycles. The maximum atomic E-state index is 12.7. The molecule has 0 aliphatic rings. The lowest BCUT2D eigenvalue weighted by molar-refractivity contribution is 0.101. The highest BCUT2D eigenvalue weighted by atomic mass is 32.2. The summed E-state index contributed by atoms with van der Waals surface area (Å²) in [5.74, 6) is -0.528. The Kier molecular flexibility index (Phi) is 5.25. The number of anilines is 1. The second kappa shape index (κ2) is 7.46. The van der Waals surface area contributed by atoms with Crippen LogP contribution in [-0.2, 0) is 9.84 Å². The van der Waals surface area contributed by atoms with Crippen LogP contribution < -0.4 is 5.32 Å². The van der Waals surface area contributed by atoms with Gasteiger partial charge in [-0.2, -0.15) is 0 Å². The summed E-state index contributed by atoms with van der Waals surface area (Å²) in [5, 5.41) is 2.69. The molecule has 1 heterocycles. The minimum Gasteiger partial charge on any atom is -0.321 e. The van der Waals surface area contributed by atoms with Gasteiger partial charge in [-0.05, 0) is 50.2 Å². The topological polar surface area (TPSA) is 80.3 Å². The Labute approximate surface area is 161 Å². The van der Waals surface area contributed by atoms with Crippen molar-refractivity contribution in [1.82, 2.24) is 0 Å². The summed E-state index contributed by atoms with van der Waals surface area (Å²) in [7, 11) is -3.67. The number of carbonyl (C=O) groups excluding carboxylic acids is 2. The Morgan fingerprint density at radius 3 is 2.33 bits per heavy atom. The lowest BCUT2D eigenvalue weighted by atomic mass is 10.1. The van der Waals surface area contributed by atoms with E-state index < -0.39 is 15.7 Å². The number of benzene rings is 2. The van der Waals surface area contributed by atoms with Crippen LogP contribution >= 0.6 is 11.3 Å². The van der Waals surface area contributed by atoms with E-state index in [1.807, 2.05) is 6.92 Å². The molecule has 0 unspecified atom stereocenters. The predicted octanol–water partition coefficient (Wildman–Crippen LogP) is 4.34. The molecular formula is C20H17NO4S2. The first-order valence-corrected chi connectivity index (χ1v) is 10.4. The van der Waals surface area contributed by atoms with E-state index in [1.165, 1.54) is 19.1 Å². The first-order chi connectivity index (χ1) is 12.8. The number of rotatable bonds is 5. The number of Topliss-reactive ketones (excluding diaryl/α,β-unsaturated/α-hetero) is 1. The zero-order valence-electron chi connectivity index (χ0n) is 14.7. The van der Waals surface area contributed by atoms with E-state index >= 15 is 0 Å². The predicted molar refractivity (Wildman–Crippen MR) is 105 cm³/mol. The second-order valence-electron chi connectivity index (χ2n) is 6.03. The van der Waals surface area contributed by atoms with Gasteiger partial charge in [0.25, 0.3) is 5.91 Å². The maximum Gasteiger partial charge on any atom is 0.265 e. The van der Waals surface area contributed by atoms with Gasteiger partial charge in [-0.15, -0.1) is 11.3 Å². The monoisotopic (exact) mass is 399 g/mol. The SMILES string of the molecule is CC(=O)c1cccc(NC(=O)c2ccc(S(=O)(=O)c3ccc(C)cc3)s2)c1. The summed E-state index contributed by atoms with van der Waals surface area (Å²) in [5.41, 5.74) is 1.93. The van der Waals surface area contributed by atoms with E-state index in [9.17, 15) is 18.0 Å². The number of thiophene rings is 1. The van der Waals surface area contributed by atoms with Crippen molar-refractivity contribution in [2.75, 3.05) is 5.32 Å². The van der Waals surface area contributed by atoms with Crippen LogP contribution in [-0.4, -0.2) is 20.1 Å². The highest BCUT2D eigenvalue weighted by molar-refractivity contribution is 7.93. The average Bonchev–Trinajstić information content (AvgIpc) is 3.13. The summed E-state index contributed by atoms with van der Waals surface area (Å²) in [6.07, 6.45) is 0. The van der Waals surface area contributed by atoms with E-state index in [0.717, 1.165) is 16.9 Å². The third-order valence-corrected chi connectivity index (χ3v) is 7.27. The summed E-state index contributed by atoms with van der Waals surface area (Å²) >= 11 is 0.910. The van der Waals surface area contributed by atoms with Crippen LogP contribution in [0.25, 0.3) is 0 Å². The summed E-state index contributed by atoms with van der Waals surface area (Å²) in [6, 6.07) is 16.1. The molecule has 3 rings (SSSR count). The highest BCUT2D eigenvalue weighted by Crippen LogP contribution is 2.28. The fourth-order valence-corrected chi connectivity index (χ4v) is 5.03. The summed E-state index contributed by atoms with van der Waals surface area (Å²) < 4.78 is 25.5. The number of aryl methyl sites for hydroxylation is 1. The molecule has 7 heteroatoms. The molecular weight excluding hydrogens is 382 g/mol. The van der Waals surface area contributed by atoms with Crippen LogP contribution in [0.4, 0.5) is 5.69 Å². The van der Waals surface area contributed by atoms with Crippen molar-refractivity contribution in [3.05, 3.63) is 76.7 Å². The quantitative estimate of drug-likeness (QED) is 0.647. The number of hydrogen-bond donors (Lipinski definition) is 1. The largest absolute Gasteiger partial charge is 0.321 e. The molecule has 0 aliphatic carbocycles. The van der Waals surface area contributed by atoms with Crippen LogP contribution in [0.15, 0.2) is 69.8 Å². The molecule has 0 saturated carbocycles. The van der Waals surface area contributed by atoms with Crippen LogP contribution in [0.2, 0.25) is 0 Å². The van der Waals surface area contributed by atoms with Gasteiger partial charge in [0.05, 0.1) is 9.77 Å². The minimum absolute atomic E-state index is 0.103. The fraction of sp³-hybridized carbons (Fsp3) is 0.100. The molecule has 0 atom stereocenters. The second-order valence-corrected chi connectivity index (χ2v) is 9.29. The number of hydrogen-bond acceptors (Lipinski definition) is 5. The van der Waals surface area contributed by atoms with Crippen LogP contribution in [0.3, 0.4) is 0 Å². The normalized spacial score (nSPS) is 11.2. The Morgan fingerprint density at radius 2 is 1.67 bits per heavy atom. The molecule has 0 radical (unpaired) electrons. The Balaban J connectivity index is 1.83. The molecule has 3 aromatic rings. The van der Waals surface area contributed by atoms with Crippen molar-refractivity contribution < 1.29 is 18.0 Å². The minimum atomic E-state index is -3.67. The van der Waals surface area contributed by atoms with Crippen molar-refractivity contribution in [2.24, 2.45) is 0 Å². The van der Waals surface area contributed by atoms with Gasteiger partial charge >= 0.3 is 0 Å². The van der Waals surface area contributed by atoms with Crippen LogP contribution in [0, 0.1) is 6.92 Å². The number of carbonyl (C=O) groups is 2. The molecule has 0 spiro atoms. The van der Waals surface area contributed by atoms with Crippen molar-refractivity contribution in [3.8, 4) is 0 Å². The number of ketones is 1. The van der Waals surface area contributed by atoms with Gasteiger partial charge in [0.1, 0.15) is 4.21 Å².